The first-order chi connectivity index (χ1) is 9.00. The van der Waals surface area contributed by atoms with Gasteiger partial charge in [-0.1, -0.05) is 40.5 Å². The van der Waals surface area contributed by atoms with E-state index in [0.29, 0.717) is 17.4 Å². The highest BCUT2D eigenvalue weighted by Crippen LogP contribution is 2.43. The number of nitrogens with zero attached hydrogens (tertiary/aromatic N) is 4. The molecule has 1 aromatic heterocycles. The van der Waals surface area contributed by atoms with Crippen LogP contribution >= 0.6 is 0 Å². The molecule has 2 rings (SSSR count). The van der Waals surface area contributed by atoms with Crippen LogP contribution < -0.4 is 5.32 Å². The predicted molar refractivity (Wildman–Crippen MR) is 75.6 cm³/mol. The monoisotopic (exact) mass is 265 g/mol. The zero-order chi connectivity index (χ0) is 13.9. The van der Waals surface area contributed by atoms with Crippen LogP contribution in [0.4, 0.5) is 0 Å². The molecule has 19 heavy (non-hydrogen) atoms. The Labute approximate surface area is 116 Å². The number of hydrogen-bond donors (Lipinski definition) is 1. The number of hydrogen-bond acceptors (Lipinski definition) is 4. The largest absolute Gasteiger partial charge is 0.310 e. The molecule has 0 saturated heterocycles. The molecule has 0 radical (unpaired) electrons. The molecule has 1 unspecified atom stereocenters. The third-order valence-corrected chi connectivity index (χ3v) is 4.14. The van der Waals surface area contributed by atoms with Crippen molar-refractivity contribution in [3.8, 4) is 0 Å². The molecule has 1 aliphatic rings. The quantitative estimate of drug-likeness (QED) is 0.889. The Balaban J connectivity index is 2.05. The first-order valence-electron chi connectivity index (χ1n) is 7.48. The van der Waals surface area contributed by atoms with Gasteiger partial charge in [-0.25, -0.2) is 4.68 Å². The van der Waals surface area contributed by atoms with Gasteiger partial charge >= 0.3 is 0 Å². The van der Waals surface area contributed by atoms with Crippen LogP contribution in [-0.4, -0.2) is 26.8 Å². The minimum absolute atomic E-state index is 0.292. The number of rotatable bonds is 5. The molecule has 5 heteroatoms. The Morgan fingerprint density at radius 1 is 1.37 bits per heavy atom. The second kappa shape index (κ2) is 5.99. The van der Waals surface area contributed by atoms with E-state index in [4.69, 9.17) is 0 Å². The van der Waals surface area contributed by atoms with Crippen LogP contribution in [0.3, 0.4) is 0 Å². The Morgan fingerprint density at radius 2 is 2.16 bits per heavy atom. The molecule has 0 amide bonds. The third-order valence-electron chi connectivity index (χ3n) is 4.14. The van der Waals surface area contributed by atoms with E-state index in [9.17, 15) is 0 Å². The summed E-state index contributed by atoms with van der Waals surface area (Å²) in [5.74, 6) is 1.62. The first kappa shape index (κ1) is 14.4. The van der Waals surface area contributed by atoms with Crippen LogP contribution in [0.15, 0.2) is 0 Å². The van der Waals surface area contributed by atoms with Gasteiger partial charge in [-0.2, -0.15) is 0 Å². The fourth-order valence-electron chi connectivity index (χ4n) is 2.97. The highest BCUT2D eigenvalue weighted by atomic mass is 15.6. The van der Waals surface area contributed by atoms with Crippen molar-refractivity contribution in [1.82, 2.24) is 25.5 Å². The van der Waals surface area contributed by atoms with Crippen molar-refractivity contribution in [1.29, 1.82) is 0 Å². The van der Waals surface area contributed by atoms with Gasteiger partial charge in [0, 0.05) is 0 Å². The highest BCUT2D eigenvalue weighted by molar-refractivity contribution is 4.92. The van der Waals surface area contributed by atoms with Gasteiger partial charge in [0.15, 0.2) is 5.82 Å². The molecule has 1 heterocycles. The van der Waals surface area contributed by atoms with Crippen molar-refractivity contribution in [2.24, 2.45) is 11.3 Å². The van der Waals surface area contributed by atoms with E-state index in [1.807, 2.05) is 0 Å². The Kier molecular flexibility index (Phi) is 4.55. The minimum atomic E-state index is 0.292. The molecule has 5 nitrogen and oxygen atoms in total. The van der Waals surface area contributed by atoms with E-state index in [2.05, 4.69) is 53.2 Å². The fourth-order valence-corrected chi connectivity index (χ4v) is 2.97. The second-order valence-electron chi connectivity index (χ2n) is 6.81. The van der Waals surface area contributed by atoms with E-state index in [1.54, 1.807) is 0 Å². The SMILES string of the molecule is CC(C)CNCc1nnnn1C1CCCCC1(C)C. The summed E-state index contributed by atoms with van der Waals surface area (Å²) < 4.78 is 2.06. The lowest BCUT2D eigenvalue weighted by molar-refractivity contribution is 0.127. The van der Waals surface area contributed by atoms with Crippen LogP contribution in [0.5, 0.6) is 0 Å². The topological polar surface area (TPSA) is 55.6 Å². The maximum atomic E-state index is 4.25. The molecular formula is C14H27N5. The Morgan fingerprint density at radius 3 is 2.84 bits per heavy atom. The van der Waals surface area contributed by atoms with Crippen LogP contribution in [0.1, 0.15) is 65.2 Å². The summed E-state index contributed by atoms with van der Waals surface area (Å²) in [4.78, 5) is 0. The van der Waals surface area contributed by atoms with Crippen molar-refractivity contribution in [2.45, 2.75) is 66.0 Å². The Hall–Kier alpha value is -0.970. The average Bonchev–Trinajstić information content (AvgIpc) is 2.76. The van der Waals surface area contributed by atoms with Crippen molar-refractivity contribution in [3.05, 3.63) is 5.82 Å². The smallest absolute Gasteiger partial charge is 0.165 e. The molecule has 0 aliphatic heterocycles. The van der Waals surface area contributed by atoms with Gasteiger partial charge in [0.25, 0.3) is 0 Å². The van der Waals surface area contributed by atoms with Gasteiger partial charge in [-0.05, 0) is 41.1 Å². The fraction of sp³-hybridized carbons (Fsp3) is 0.929. The minimum Gasteiger partial charge on any atom is -0.310 e. The molecule has 1 aromatic rings. The lowest BCUT2D eigenvalue weighted by atomic mass is 9.73. The zero-order valence-electron chi connectivity index (χ0n) is 12.7. The molecule has 0 aromatic carbocycles. The highest BCUT2D eigenvalue weighted by Gasteiger charge is 2.35. The maximum Gasteiger partial charge on any atom is 0.165 e. The van der Waals surface area contributed by atoms with Gasteiger partial charge in [-0.3, -0.25) is 0 Å². The number of aromatic nitrogens is 4. The van der Waals surface area contributed by atoms with E-state index < -0.39 is 0 Å². The molecule has 1 atom stereocenters. The van der Waals surface area contributed by atoms with Crippen LogP contribution in [-0.2, 0) is 6.54 Å². The van der Waals surface area contributed by atoms with Gasteiger partial charge in [0.1, 0.15) is 0 Å². The maximum absolute atomic E-state index is 4.25. The summed E-state index contributed by atoms with van der Waals surface area (Å²) >= 11 is 0. The number of nitrogens with one attached hydrogen (secondary N) is 1. The molecule has 108 valence electrons. The summed E-state index contributed by atoms with van der Waals surface area (Å²) in [6, 6.07) is 0.437. The summed E-state index contributed by atoms with van der Waals surface area (Å²) in [6.45, 7) is 10.9. The van der Waals surface area contributed by atoms with E-state index in [1.165, 1.54) is 25.7 Å². The van der Waals surface area contributed by atoms with Crippen molar-refractivity contribution in [2.75, 3.05) is 6.54 Å². The van der Waals surface area contributed by atoms with Crippen LogP contribution in [0.2, 0.25) is 0 Å². The average molecular weight is 265 g/mol. The van der Waals surface area contributed by atoms with Crippen LogP contribution in [0.25, 0.3) is 0 Å². The molecule has 1 saturated carbocycles. The predicted octanol–water partition coefficient (Wildman–Crippen LogP) is 2.56. The first-order valence-corrected chi connectivity index (χ1v) is 7.48. The van der Waals surface area contributed by atoms with Gasteiger partial charge < -0.3 is 5.32 Å². The number of tetrazole rings is 1. The molecule has 0 spiro atoms. The van der Waals surface area contributed by atoms with Crippen LogP contribution in [0, 0.1) is 11.3 Å². The second-order valence-corrected chi connectivity index (χ2v) is 6.81. The summed E-state index contributed by atoms with van der Waals surface area (Å²) in [5.41, 5.74) is 0.292. The normalized spacial score (nSPS) is 22.9. The summed E-state index contributed by atoms with van der Waals surface area (Å²) in [7, 11) is 0. The van der Waals surface area contributed by atoms with Gasteiger partial charge in [-0.15, -0.1) is 5.10 Å². The van der Waals surface area contributed by atoms with Crippen molar-refractivity contribution < 1.29 is 0 Å². The van der Waals surface area contributed by atoms with Gasteiger partial charge in [0.05, 0.1) is 12.6 Å². The Bertz CT molecular complexity index is 396. The van der Waals surface area contributed by atoms with Gasteiger partial charge in [0.2, 0.25) is 0 Å². The lowest BCUT2D eigenvalue weighted by Crippen LogP contribution is -2.33. The molecular weight excluding hydrogens is 238 g/mol. The summed E-state index contributed by atoms with van der Waals surface area (Å²) in [6.07, 6.45) is 5.06. The molecule has 1 N–H and O–H groups in total. The van der Waals surface area contributed by atoms with E-state index in [-0.39, 0.29) is 0 Å². The zero-order valence-corrected chi connectivity index (χ0v) is 12.7. The standard InChI is InChI=1S/C14H27N5/c1-11(2)9-15-10-13-16-17-18-19(13)12-7-5-6-8-14(12,3)4/h11-12,15H,5-10H2,1-4H3. The van der Waals surface area contributed by atoms with Crippen molar-refractivity contribution >= 4 is 0 Å². The molecule has 1 aliphatic carbocycles. The summed E-state index contributed by atoms with van der Waals surface area (Å²) in [5, 5.41) is 15.8. The molecule has 1 fully saturated rings. The third kappa shape index (κ3) is 3.53. The lowest BCUT2D eigenvalue weighted by Gasteiger charge is -2.38. The van der Waals surface area contributed by atoms with E-state index in [0.717, 1.165) is 18.9 Å². The van der Waals surface area contributed by atoms with Crippen molar-refractivity contribution in [3.63, 3.8) is 0 Å². The van der Waals surface area contributed by atoms with E-state index >= 15 is 0 Å². The molecule has 0 bridgehead atoms.